The van der Waals surface area contributed by atoms with Gasteiger partial charge in [0, 0.05) is 21.5 Å². The number of halogens is 1. The molecule has 0 radical (unpaired) electrons. The molecule has 2 aliphatic rings. The summed E-state index contributed by atoms with van der Waals surface area (Å²) in [6.45, 7) is 1.50. The Balaban J connectivity index is 1.56. The minimum atomic E-state index is -0.938. The van der Waals surface area contributed by atoms with Crippen LogP contribution >= 0.6 is 22.9 Å². The summed E-state index contributed by atoms with van der Waals surface area (Å²) in [5.74, 6) is -1.59. The molecule has 1 saturated heterocycles. The standard InChI is InChI=1S/C23H24ClN3O5S/c1-13-7-5-6-10-23(13)21(30)27(22(31)26-23)11-17(28)25-19-18(20(29)32-2)15(12-33-19)14-8-3-4-9-16(14)24/h3-4,8-9,12-13H,5-7,10-11H2,1-2H3,(H,25,28)(H,26,31). The topological polar surface area (TPSA) is 105 Å². The number of carbonyl (C=O) groups excluding carboxylic acids is 4. The third-order valence-corrected chi connectivity index (χ3v) is 7.63. The van der Waals surface area contributed by atoms with Crippen LogP contribution in [0.4, 0.5) is 9.80 Å². The first-order valence-corrected chi connectivity index (χ1v) is 11.9. The van der Waals surface area contributed by atoms with Gasteiger partial charge in [0.15, 0.2) is 0 Å². The molecule has 2 N–H and O–H groups in total. The van der Waals surface area contributed by atoms with E-state index >= 15 is 0 Å². The molecular weight excluding hydrogens is 466 g/mol. The van der Waals surface area contributed by atoms with E-state index in [4.69, 9.17) is 16.3 Å². The fourth-order valence-corrected chi connectivity index (χ4v) is 5.78. The first-order chi connectivity index (χ1) is 15.8. The van der Waals surface area contributed by atoms with Crippen LogP contribution in [0.5, 0.6) is 0 Å². The number of esters is 1. The van der Waals surface area contributed by atoms with E-state index in [-0.39, 0.29) is 22.4 Å². The number of methoxy groups -OCH3 is 1. The molecule has 8 nitrogen and oxygen atoms in total. The Morgan fingerprint density at radius 1 is 1.27 bits per heavy atom. The molecule has 4 amide bonds. The van der Waals surface area contributed by atoms with Crippen molar-refractivity contribution in [2.24, 2.45) is 5.92 Å². The number of nitrogens with zero attached hydrogens (tertiary/aromatic N) is 1. The van der Waals surface area contributed by atoms with Crippen LogP contribution in [0.2, 0.25) is 5.02 Å². The molecule has 10 heteroatoms. The van der Waals surface area contributed by atoms with Gasteiger partial charge in [0.25, 0.3) is 5.91 Å². The van der Waals surface area contributed by atoms with Gasteiger partial charge < -0.3 is 15.4 Å². The average molecular weight is 490 g/mol. The van der Waals surface area contributed by atoms with Gasteiger partial charge in [0.2, 0.25) is 5.91 Å². The van der Waals surface area contributed by atoms with Gasteiger partial charge in [-0.2, -0.15) is 0 Å². The van der Waals surface area contributed by atoms with E-state index in [2.05, 4.69) is 10.6 Å². The van der Waals surface area contributed by atoms with Crippen molar-refractivity contribution in [1.82, 2.24) is 10.2 Å². The van der Waals surface area contributed by atoms with Gasteiger partial charge in [0.05, 0.1) is 7.11 Å². The number of benzene rings is 1. The molecule has 2 atom stereocenters. The molecule has 2 heterocycles. The SMILES string of the molecule is COC(=O)c1c(-c2ccccc2Cl)csc1NC(=O)CN1C(=O)NC2(CCCCC2C)C1=O. The summed E-state index contributed by atoms with van der Waals surface area (Å²) in [5.41, 5.74) is 0.377. The summed E-state index contributed by atoms with van der Waals surface area (Å²) >= 11 is 7.44. The second kappa shape index (κ2) is 9.15. The van der Waals surface area contributed by atoms with Crippen LogP contribution in [-0.4, -0.2) is 47.9 Å². The van der Waals surface area contributed by atoms with Gasteiger partial charge in [-0.05, 0) is 24.8 Å². The van der Waals surface area contributed by atoms with Crippen LogP contribution in [-0.2, 0) is 14.3 Å². The molecule has 2 unspecified atom stereocenters. The maximum absolute atomic E-state index is 13.1. The van der Waals surface area contributed by atoms with E-state index in [0.717, 1.165) is 35.5 Å². The summed E-state index contributed by atoms with van der Waals surface area (Å²) in [6, 6.07) is 6.46. The Kier molecular flexibility index (Phi) is 6.45. The summed E-state index contributed by atoms with van der Waals surface area (Å²) in [6.07, 6.45) is 3.26. The Hall–Kier alpha value is -2.91. The molecule has 4 rings (SSSR count). The molecule has 1 saturated carbocycles. The van der Waals surface area contributed by atoms with Crippen LogP contribution < -0.4 is 10.6 Å². The lowest BCUT2D eigenvalue weighted by Gasteiger charge is -2.36. The van der Waals surface area contributed by atoms with E-state index in [0.29, 0.717) is 22.6 Å². The molecule has 0 bridgehead atoms. The zero-order chi connectivity index (χ0) is 23.8. The number of ether oxygens (including phenoxy) is 1. The number of imide groups is 1. The van der Waals surface area contributed by atoms with Crippen molar-refractivity contribution in [2.45, 2.75) is 38.1 Å². The van der Waals surface area contributed by atoms with Gasteiger partial charge >= 0.3 is 12.0 Å². The summed E-state index contributed by atoms with van der Waals surface area (Å²) in [5, 5.41) is 7.91. The number of urea groups is 1. The van der Waals surface area contributed by atoms with Crippen LogP contribution in [0.3, 0.4) is 0 Å². The molecule has 1 aromatic heterocycles. The summed E-state index contributed by atoms with van der Waals surface area (Å²) < 4.78 is 4.92. The molecule has 1 aliphatic heterocycles. The molecule has 174 valence electrons. The van der Waals surface area contributed by atoms with E-state index in [1.807, 2.05) is 6.92 Å². The highest BCUT2D eigenvalue weighted by molar-refractivity contribution is 7.15. The predicted molar refractivity (Wildman–Crippen MR) is 125 cm³/mol. The quantitative estimate of drug-likeness (QED) is 0.481. The molecule has 2 fully saturated rings. The Morgan fingerprint density at radius 3 is 2.73 bits per heavy atom. The van der Waals surface area contributed by atoms with Crippen molar-refractivity contribution in [2.75, 3.05) is 19.0 Å². The Labute approximate surface area is 200 Å². The van der Waals surface area contributed by atoms with E-state index in [9.17, 15) is 19.2 Å². The van der Waals surface area contributed by atoms with Gasteiger partial charge in [-0.1, -0.05) is 49.6 Å². The van der Waals surface area contributed by atoms with Gasteiger partial charge in [-0.15, -0.1) is 11.3 Å². The van der Waals surface area contributed by atoms with E-state index in [1.165, 1.54) is 7.11 Å². The third-order valence-electron chi connectivity index (χ3n) is 6.40. The first kappa shape index (κ1) is 23.3. The lowest BCUT2D eigenvalue weighted by atomic mass is 9.73. The number of hydrogen-bond acceptors (Lipinski definition) is 6. The van der Waals surface area contributed by atoms with Crippen molar-refractivity contribution < 1.29 is 23.9 Å². The zero-order valence-corrected chi connectivity index (χ0v) is 19.8. The maximum Gasteiger partial charge on any atom is 0.341 e. The average Bonchev–Trinajstić information content (AvgIpc) is 3.30. The number of rotatable bonds is 5. The Bertz CT molecular complexity index is 1130. The van der Waals surface area contributed by atoms with Crippen molar-refractivity contribution >= 4 is 51.8 Å². The minimum absolute atomic E-state index is 0.00263. The molecule has 1 aliphatic carbocycles. The highest BCUT2D eigenvalue weighted by Crippen LogP contribution is 2.40. The van der Waals surface area contributed by atoms with Gasteiger partial charge in [0.1, 0.15) is 22.6 Å². The number of amides is 4. The van der Waals surface area contributed by atoms with Crippen LogP contribution in [0, 0.1) is 5.92 Å². The predicted octanol–water partition coefficient (Wildman–Crippen LogP) is 4.29. The molecule has 2 aromatic rings. The number of carbonyl (C=O) groups is 4. The van der Waals surface area contributed by atoms with Crippen LogP contribution in [0.15, 0.2) is 29.6 Å². The number of thiophene rings is 1. The number of hydrogen-bond donors (Lipinski definition) is 2. The van der Waals surface area contributed by atoms with Crippen LogP contribution in [0.1, 0.15) is 43.0 Å². The highest BCUT2D eigenvalue weighted by atomic mass is 35.5. The van der Waals surface area contributed by atoms with Crippen molar-refractivity contribution in [1.29, 1.82) is 0 Å². The normalized spacial score (nSPS) is 22.4. The minimum Gasteiger partial charge on any atom is -0.465 e. The van der Waals surface area contributed by atoms with E-state index in [1.54, 1.807) is 29.6 Å². The van der Waals surface area contributed by atoms with Gasteiger partial charge in [-0.25, -0.2) is 9.59 Å². The van der Waals surface area contributed by atoms with Crippen LogP contribution in [0.25, 0.3) is 11.1 Å². The zero-order valence-electron chi connectivity index (χ0n) is 18.3. The second-order valence-corrected chi connectivity index (χ2v) is 9.60. The lowest BCUT2D eigenvalue weighted by Crippen LogP contribution is -2.54. The molecule has 1 aromatic carbocycles. The molecular formula is C23H24ClN3O5S. The smallest absolute Gasteiger partial charge is 0.341 e. The summed E-state index contributed by atoms with van der Waals surface area (Å²) in [4.78, 5) is 52.0. The fourth-order valence-electron chi connectivity index (χ4n) is 4.58. The highest BCUT2D eigenvalue weighted by Gasteiger charge is 2.55. The largest absolute Gasteiger partial charge is 0.465 e. The van der Waals surface area contributed by atoms with Crippen molar-refractivity contribution in [3.8, 4) is 11.1 Å². The third kappa shape index (κ3) is 4.11. The molecule has 33 heavy (non-hydrogen) atoms. The molecule has 1 spiro atoms. The maximum atomic E-state index is 13.1. The lowest BCUT2D eigenvalue weighted by molar-refractivity contribution is -0.136. The first-order valence-electron chi connectivity index (χ1n) is 10.7. The van der Waals surface area contributed by atoms with Crippen molar-refractivity contribution in [3.63, 3.8) is 0 Å². The van der Waals surface area contributed by atoms with Crippen molar-refractivity contribution in [3.05, 3.63) is 40.2 Å². The van der Waals surface area contributed by atoms with Gasteiger partial charge in [-0.3, -0.25) is 14.5 Å². The summed E-state index contributed by atoms with van der Waals surface area (Å²) in [7, 11) is 1.25. The fraction of sp³-hybridized carbons (Fsp3) is 0.391. The Morgan fingerprint density at radius 2 is 2.03 bits per heavy atom. The second-order valence-electron chi connectivity index (χ2n) is 8.31. The monoisotopic (exact) mass is 489 g/mol. The van der Waals surface area contributed by atoms with E-state index < -0.39 is 30.0 Å². The number of anilines is 1. The number of nitrogens with one attached hydrogen (secondary N) is 2.